The number of carbonyl (C=O) groups excluding carboxylic acids is 1. The molecule has 1 rings (SSSR count). The van der Waals surface area contributed by atoms with Gasteiger partial charge in [-0.15, -0.1) is 0 Å². The van der Waals surface area contributed by atoms with Crippen molar-refractivity contribution < 1.29 is 39.8 Å². The van der Waals surface area contributed by atoms with Gasteiger partial charge in [0.2, 0.25) is 5.91 Å². The minimum absolute atomic E-state index is 0.142. The summed E-state index contributed by atoms with van der Waals surface area (Å²) in [5.41, 5.74) is 0. The lowest BCUT2D eigenvalue weighted by molar-refractivity contribution is -0.302. The van der Waals surface area contributed by atoms with E-state index in [9.17, 15) is 30.3 Å². The van der Waals surface area contributed by atoms with Gasteiger partial charge in [-0.05, 0) is 12.8 Å². The lowest BCUT2D eigenvalue weighted by Crippen LogP contribution is -2.60. The van der Waals surface area contributed by atoms with E-state index in [1.807, 2.05) is 0 Å². The number of unbranched alkanes of at least 4 members (excludes halogenated alkanes) is 5. The van der Waals surface area contributed by atoms with Crippen molar-refractivity contribution in [2.24, 2.45) is 0 Å². The van der Waals surface area contributed by atoms with Crippen LogP contribution < -0.4 is 5.32 Å². The molecule has 9 heteroatoms. The lowest BCUT2D eigenvalue weighted by atomic mass is 9.99. The van der Waals surface area contributed by atoms with Crippen LogP contribution in [0.2, 0.25) is 0 Å². The fourth-order valence-corrected chi connectivity index (χ4v) is 3.45. The zero-order valence-electron chi connectivity index (χ0n) is 18.3. The van der Waals surface area contributed by atoms with Crippen molar-refractivity contribution in [2.45, 2.75) is 114 Å². The number of hydrogen-bond acceptors (Lipinski definition) is 8. The van der Waals surface area contributed by atoms with Crippen molar-refractivity contribution in [1.29, 1.82) is 0 Å². The summed E-state index contributed by atoms with van der Waals surface area (Å²) in [7, 11) is 0. The molecular formula is C21H41NO8. The first-order valence-electron chi connectivity index (χ1n) is 11.2. The number of nitrogens with one attached hydrogen (secondary N) is 1. The predicted molar refractivity (Wildman–Crippen MR) is 111 cm³/mol. The molecule has 0 aliphatic carbocycles. The summed E-state index contributed by atoms with van der Waals surface area (Å²) in [6, 6.07) is -0.701. The second kappa shape index (κ2) is 15.1. The fraction of sp³-hybridized carbons (Fsp3) is 0.952. The Balaban J connectivity index is 2.65. The van der Waals surface area contributed by atoms with Crippen LogP contribution in [0.3, 0.4) is 0 Å². The van der Waals surface area contributed by atoms with Crippen molar-refractivity contribution in [3.63, 3.8) is 0 Å². The molecule has 0 aromatic rings. The van der Waals surface area contributed by atoms with E-state index in [0.717, 1.165) is 44.9 Å². The van der Waals surface area contributed by atoms with Crippen LogP contribution in [0.5, 0.6) is 0 Å². The van der Waals surface area contributed by atoms with Gasteiger partial charge in [-0.2, -0.15) is 0 Å². The summed E-state index contributed by atoms with van der Waals surface area (Å²) < 4.78 is 10.9. The van der Waals surface area contributed by atoms with Crippen LogP contribution in [-0.4, -0.2) is 87.5 Å². The molecule has 6 N–H and O–H groups in total. The Bertz CT molecular complexity index is 464. The number of rotatable bonds is 15. The van der Waals surface area contributed by atoms with Gasteiger partial charge in [0.05, 0.1) is 25.4 Å². The van der Waals surface area contributed by atoms with E-state index in [-0.39, 0.29) is 12.5 Å². The van der Waals surface area contributed by atoms with E-state index >= 15 is 0 Å². The van der Waals surface area contributed by atoms with Gasteiger partial charge in [-0.25, -0.2) is 0 Å². The van der Waals surface area contributed by atoms with Gasteiger partial charge in [-0.3, -0.25) is 4.79 Å². The fourth-order valence-electron chi connectivity index (χ4n) is 3.45. The van der Waals surface area contributed by atoms with E-state index in [2.05, 4.69) is 19.2 Å². The molecule has 1 aliphatic heterocycles. The van der Waals surface area contributed by atoms with Crippen LogP contribution in [0.4, 0.5) is 0 Å². The standard InChI is InChI=1S/C21H41NO8/c1-3-5-7-9-11-17(25)22-14(15(24)10-8-6-4-2)13-29-21-20(28)19(27)18(26)16(12-23)30-21/h14-16,18-21,23-24,26-28H,3-13H2,1-2H3,(H,22,25). The number of hydrogen-bond donors (Lipinski definition) is 6. The van der Waals surface area contributed by atoms with E-state index in [1.54, 1.807) is 0 Å². The molecule has 7 unspecified atom stereocenters. The molecule has 0 aromatic heterocycles. The highest BCUT2D eigenvalue weighted by Gasteiger charge is 2.44. The summed E-state index contributed by atoms with van der Waals surface area (Å²) in [6.45, 7) is 3.46. The average molecular weight is 436 g/mol. The molecule has 1 aliphatic rings. The summed E-state index contributed by atoms with van der Waals surface area (Å²) in [6.07, 6.45) is -0.236. The number of aliphatic hydroxyl groups is 5. The van der Waals surface area contributed by atoms with Crippen LogP contribution in [-0.2, 0) is 14.3 Å². The molecule has 178 valence electrons. The minimum Gasteiger partial charge on any atom is -0.394 e. The maximum absolute atomic E-state index is 12.3. The Morgan fingerprint density at radius 3 is 2.30 bits per heavy atom. The average Bonchev–Trinajstić information content (AvgIpc) is 2.73. The van der Waals surface area contributed by atoms with Crippen LogP contribution in [0.1, 0.15) is 71.6 Å². The highest BCUT2D eigenvalue weighted by molar-refractivity contribution is 5.76. The van der Waals surface area contributed by atoms with Crippen molar-refractivity contribution >= 4 is 5.91 Å². The van der Waals surface area contributed by atoms with Crippen LogP contribution in [0.25, 0.3) is 0 Å². The van der Waals surface area contributed by atoms with Gasteiger partial charge < -0.3 is 40.3 Å². The predicted octanol–water partition coefficient (Wildman–Crippen LogP) is 0.199. The summed E-state index contributed by atoms with van der Waals surface area (Å²) >= 11 is 0. The summed E-state index contributed by atoms with van der Waals surface area (Å²) in [4.78, 5) is 12.3. The zero-order chi connectivity index (χ0) is 22.5. The van der Waals surface area contributed by atoms with Gasteiger partial charge in [-0.1, -0.05) is 52.4 Å². The maximum atomic E-state index is 12.3. The Labute approximate surface area is 179 Å². The molecule has 1 heterocycles. The number of amides is 1. The number of carbonyl (C=O) groups is 1. The second-order valence-corrected chi connectivity index (χ2v) is 8.08. The third-order valence-corrected chi connectivity index (χ3v) is 5.46. The van der Waals surface area contributed by atoms with Crippen molar-refractivity contribution in [1.82, 2.24) is 5.32 Å². The van der Waals surface area contributed by atoms with Gasteiger partial charge in [0.25, 0.3) is 0 Å². The number of ether oxygens (including phenoxy) is 2. The molecule has 0 bridgehead atoms. The Hall–Kier alpha value is -0.810. The third-order valence-electron chi connectivity index (χ3n) is 5.46. The molecular weight excluding hydrogens is 394 g/mol. The van der Waals surface area contributed by atoms with Crippen LogP contribution in [0.15, 0.2) is 0 Å². The Kier molecular flexibility index (Phi) is 13.7. The van der Waals surface area contributed by atoms with Gasteiger partial charge in [0.15, 0.2) is 6.29 Å². The third kappa shape index (κ3) is 9.13. The molecule has 0 spiro atoms. The van der Waals surface area contributed by atoms with E-state index in [4.69, 9.17) is 9.47 Å². The maximum Gasteiger partial charge on any atom is 0.220 e. The highest BCUT2D eigenvalue weighted by Crippen LogP contribution is 2.22. The lowest BCUT2D eigenvalue weighted by Gasteiger charge is -2.40. The molecule has 0 aromatic carbocycles. The highest BCUT2D eigenvalue weighted by atomic mass is 16.7. The van der Waals surface area contributed by atoms with Gasteiger partial charge in [0.1, 0.15) is 24.4 Å². The first-order chi connectivity index (χ1) is 14.3. The SMILES string of the molecule is CCCCCCC(=O)NC(COC1OC(CO)C(O)C(O)C1O)C(O)CCCCC. The number of aliphatic hydroxyl groups excluding tert-OH is 5. The molecule has 0 radical (unpaired) electrons. The van der Waals surface area contributed by atoms with E-state index in [0.29, 0.717) is 12.8 Å². The monoisotopic (exact) mass is 435 g/mol. The van der Waals surface area contributed by atoms with Crippen molar-refractivity contribution in [2.75, 3.05) is 13.2 Å². The smallest absolute Gasteiger partial charge is 0.220 e. The van der Waals surface area contributed by atoms with Gasteiger partial charge in [0, 0.05) is 6.42 Å². The Morgan fingerprint density at radius 1 is 1.00 bits per heavy atom. The van der Waals surface area contributed by atoms with Crippen molar-refractivity contribution in [3.8, 4) is 0 Å². The summed E-state index contributed by atoms with van der Waals surface area (Å²) in [5.74, 6) is -0.178. The summed E-state index contributed by atoms with van der Waals surface area (Å²) in [5, 5.41) is 52.5. The zero-order valence-corrected chi connectivity index (χ0v) is 18.3. The van der Waals surface area contributed by atoms with Crippen LogP contribution >= 0.6 is 0 Å². The first-order valence-corrected chi connectivity index (χ1v) is 11.2. The molecule has 30 heavy (non-hydrogen) atoms. The van der Waals surface area contributed by atoms with Crippen LogP contribution in [0, 0.1) is 0 Å². The molecule has 0 saturated carbocycles. The molecule has 1 fully saturated rings. The van der Waals surface area contributed by atoms with Gasteiger partial charge >= 0.3 is 0 Å². The molecule has 1 amide bonds. The first kappa shape index (κ1) is 27.2. The second-order valence-electron chi connectivity index (χ2n) is 8.08. The van der Waals surface area contributed by atoms with E-state index in [1.165, 1.54) is 0 Å². The Morgan fingerprint density at radius 2 is 1.67 bits per heavy atom. The largest absolute Gasteiger partial charge is 0.394 e. The topological polar surface area (TPSA) is 149 Å². The molecule has 9 nitrogen and oxygen atoms in total. The normalized spacial score (nSPS) is 28.8. The molecule has 7 atom stereocenters. The quantitative estimate of drug-likeness (QED) is 0.200. The minimum atomic E-state index is -1.54. The molecule has 1 saturated heterocycles. The van der Waals surface area contributed by atoms with Crippen molar-refractivity contribution in [3.05, 3.63) is 0 Å². The van der Waals surface area contributed by atoms with E-state index < -0.39 is 49.5 Å².